The van der Waals surface area contributed by atoms with Crippen LogP contribution in [0.4, 0.5) is 0 Å². The lowest BCUT2D eigenvalue weighted by Crippen LogP contribution is -2.46. The molecule has 7 heteroatoms. The Kier molecular flexibility index (Phi) is 6.08. The predicted molar refractivity (Wildman–Crippen MR) is 90.6 cm³/mol. The molecule has 0 aromatic rings. The fourth-order valence-electron chi connectivity index (χ4n) is 3.86. The van der Waals surface area contributed by atoms with Gasteiger partial charge in [-0.25, -0.2) is 0 Å². The molecule has 3 fully saturated rings. The van der Waals surface area contributed by atoms with E-state index in [-0.39, 0.29) is 23.8 Å². The Hall–Kier alpha value is -1.18. The molecule has 3 rings (SSSR count). The number of morpholine rings is 1. The molecular formula is C17H30N4O3. The smallest absolute Gasteiger partial charge is 0.224 e. The molecule has 1 unspecified atom stereocenters. The standard InChI is InChI=1S/C17H30N4O3/c1-13-10-14(2-3-18-13)17(23)19-15-11-16(22)21(12-15)5-4-20-6-8-24-9-7-20/h13-15,18H,2-12H2,1H3,(H,19,23)/t13-,14-,15?/m0/s1. The van der Waals surface area contributed by atoms with Crippen molar-refractivity contribution < 1.29 is 14.3 Å². The molecule has 0 saturated carbocycles. The van der Waals surface area contributed by atoms with Crippen LogP contribution in [0.15, 0.2) is 0 Å². The summed E-state index contributed by atoms with van der Waals surface area (Å²) < 4.78 is 5.34. The Morgan fingerprint density at radius 2 is 2.12 bits per heavy atom. The van der Waals surface area contributed by atoms with Gasteiger partial charge in [0.15, 0.2) is 0 Å². The third kappa shape index (κ3) is 4.68. The number of carbonyl (C=O) groups is 2. The van der Waals surface area contributed by atoms with Gasteiger partial charge in [-0.1, -0.05) is 0 Å². The lowest BCUT2D eigenvalue weighted by atomic mass is 9.92. The summed E-state index contributed by atoms with van der Waals surface area (Å²) in [4.78, 5) is 28.8. The number of piperidine rings is 1. The number of nitrogens with one attached hydrogen (secondary N) is 2. The van der Waals surface area contributed by atoms with Gasteiger partial charge in [-0.15, -0.1) is 0 Å². The predicted octanol–water partition coefficient (Wildman–Crippen LogP) is -0.576. The molecule has 0 spiro atoms. The third-order valence-corrected chi connectivity index (χ3v) is 5.35. The molecule has 7 nitrogen and oxygen atoms in total. The number of amides is 2. The average molecular weight is 338 g/mol. The van der Waals surface area contributed by atoms with Crippen molar-refractivity contribution in [1.29, 1.82) is 0 Å². The minimum absolute atomic E-state index is 0.0279. The van der Waals surface area contributed by atoms with Crippen molar-refractivity contribution in [2.24, 2.45) is 5.92 Å². The largest absolute Gasteiger partial charge is 0.379 e. The zero-order valence-electron chi connectivity index (χ0n) is 14.6. The van der Waals surface area contributed by atoms with Gasteiger partial charge in [0.05, 0.1) is 19.3 Å². The molecule has 136 valence electrons. The van der Waals surface area contributed by atoms with E-state index in [0.29, 0.717) is 19.0 Å². The maximum absolute atomic E-state index is 12.4. The minimum Gasteiger partial charge on any atom is -0.379 e. The number of ether oxygens (including phenoxy) is 1. The Labute approximate surface area is 144 Å². The van der Waals surface area contributed by atoms with Crippen LogP contribution in [0.3, 0.4) is 0 Å². The summed E-state index contributed by atoms with van der Waals surface area (Å²) in [7, 11) is 0. The highest BCUT2D eigenvalue weighted by atomic mass is 16.5. The monoisotopic (exact) mass is 338 g/mol. The number of likely N-dealkylation sites (tertiary alicyclic amines) is 1. The van der Waals surface area contributed by atoms with Crippen molar-refractivity contribution >= 4 is 11.8 Å². The van der Waals surface area contributed by atoms with E-state index in [1.54, 1.807) is 0 Å². The van der Waals surface area contributed by atoms with Crippen LogP contribution in [0.2, 0.25) is 0 Å². The lowest BCUT2D eigenvalue weighted by molar-refractivity contribution is -0.128. The van der Waals surface area contributed by atoms with Gasteiger partial charge in [0, 0.05) is 51.1 Å². The number of hydrogen-bond acceptors (Lipinski definition) is 5. The number of carbonyl (C=O) groups excluding carboxylic acids is 2. The molecule has 3 saturated heterocycles. The first-order chi connectivity index (χ1) is 11.6. The van der Waals surface area contributed by atoms with E-state index in [1.807, 2.05) is 4.90 Å². The second-order valence-electron chi connectivity index (χ2n) is 7.28. The zero-order chi connectivity index (χ0) is 16.9. The summed E-state index contributed by atoms with van der Waals surface area (Å²) in [5.41, 5.74) is 0. The van der Waals surface area contributed by atoms with Crippen molar-refractivity contribution in [1.82, 2.24) is 20.4 Å². The summed E-state index contributed by atoms with van der Waals surface area (Å²) in [6.45, 7) is 8.74. The van der Waals surface area contributed by atoms with Crippen LogP contribution < -0.4 is 10.6 Å². The SMILES string of the molecule is C[C@H]1C[C@@H](C(=O)NC2CC(=O)N(CCN3CCOCC3)C2)CCN1. The van der Waals surface area contributed by atoms with E-state index in [4.69, 9.17) is 4.74 Å². The zero-order valence-corrected chi connectivity index (χ0v) is 14.6. The van der Waals surface area contributed by atoms with Crippen molar-refractivity contribution in [2.75, 3.05) is 52.5 Å². The molecule has 0 aromatic carbocycles. The number of rotatable bonds is 5. The quantitative estimate of drug-likeness (QED) is 0.702. The van der Waals surface area contributed by atoms with Gasteiger partial charge in [-0.2, -0.15) is 0 Å². The van der Waals surface area contributed by atoms with E-state index in [1.165, 1.54) is 0 Å². The first-order valence-corrected chi connectivity index (χ1v) is 9.23. The topological polar surface area (TPSA) is 73.9 Å². The number of nitrogens with zero attached hydrogens (tertiary/aromatic N) is 2. The van der Waals surface area contributed by atoms with Crippen LogP contribution in [0.25, 0.3) is 0 Å². The van der Waals surface area contributed by atoms with Crippen LogP contribution in [-0.2, 0) is 14.3 Å². The lowest BCUT2D eigenvalue weighted by Gasteiger charge is -2.29. The number of hydrogen-bond donors (Lipinski definition) is 2. The van der Waals surface area contributed by atoms with Crippen molar-refractivity contribution in [2.45, 2.75) is 38.3 Å². The molecule has 0 radical (unpaired) electrons. The van der Waals surface area contributed by atoms with Gasteiger partial charge in [0.2, 0.25) is 11.8 Å². The van der Waals surface area contributed by atoms with Gasteiger partial charge in [-0.3, -0.25) is 14.5 Å². The van der Waals surface area contributed by atoms with Gasteiger partial charge in [0.1, 0.15) is 0 Å². The fourth-order valence-corrected chi connectivity index (χ4v) is 3.86. The van der Waals surface area contributed by atoms with Crippen LogP contribution in [0, 0.1) is 5.92 Å². The second-order valence-corrected chi connectivity index (χ2v) is 7.28. The molecule has 0 bridgehead atoms. The second kappa shape index (κ2) is 8.27. The summed E-state index contributed by atoms with van der Waals surface area (Å²) in [6, 6.07) is 0.365. The fraction of sp³-hybridized carbons (Fsp3) is 0.882. The van der Waals surface area contributed by atoms with Gasteiger partial charge in [0.25, 0.3) is 0 Å². The van der Waals surface area contributed by atoms with Crippen molar-refractivity contribution in [3.63, 3.8) is 0 Å². The highest BCUT2D eigenvalue weighted by Gasteiger charge is 2.33. The molecule has 0 aromatic heterocycles. The van der Waals surface area contributed by atoms with Gasteiger partial charge >= 0.3 is 0 Å². The summed E-state index contributed by atoms with van der Waals surface area (Å²) >= 11 is 0. The van der Waals surface area contributed by atoms with Crippen LogP contribution >= 0.6 is 0 Å². The molecule has 3 aliphatic heterocycles. The summed E-state index contributed by atoms with van der Waals surface area (Å²) in [6.07, 6.45) is 2.21. The van der Waals surface area contributed by atoms with E-state index in [0.717, 1.165) is 58.8 Å². The van der Waals surface area contributed by atoms with Gasteiger partial charge < -0.3 is 20.3 Å². The molecule has 3 aliphatic rings. The first-order valence-electron chi connectivity index (χ1n) is 9.23. The third-order valence-electron chi connectivity index (χ3n) is 5.35. The van der Waals surface area contributed by atoms with Crippen LogP contribution in [0.5, 0.6) is 0 Å². The van der Waals surface area contributed by atoms with Crippen LogP contribution in [-0.4, -0.2) is 86.2 Å². The summed E-state index contributed by atoms with van der Waals surface area (Å²) in [5.74, 6) is 0.363. The maximum Gasteiger partial charge on any atom is 0.224 e. The normalized spacial score (nSPS) is 32.1. The highest BCUT2D eigenvalue weighted by Crippen LogP contribution is 2.18. The first kappa shape index (κ1) is 17.6. The van der Waals surface area contributed by atoms with Crippen molar-refractivity contribution in [3.8, 4) is 0 Å². The Balaban J connectivity index is 1.41. The van der Waals surface area contributed by atoms with Gasteiger partial charge in [-0.05, 0) is 26.3 Å². The molecule has 3 heterocycles. The summed E-state index contributed by atoms with van der Waals surface area (Å²) in [5, 5.41) is 6.47. The Morgan fingerprint density at radius 3 is 2.88 bits per heavy atom. The van der Waals surface area contributed by atoms with E-state index in [9.17, 15) is 9.59 Å². The molecule has 3 atom stereocenters. The maximum atomic E-state index is 12.4. The molecule has 2 N–H and O–H groups in total. The van der Waals surface area contributed by atoms with Crippen LogP contribution in [0.1, 0.15) is 26.2 Å². The average Bonchev–Trinajstić information content (AvgIpc) is 2.93. The van der Waals surface area contributed by atoms with Crippen molar-refractivity contribution in [3.05, 3.63) is 0 Å². The molecule has 2 amide bonds. The Morgan fingerprint density at radius 1 is 1.33 bits per heavy atom. The Bertz CT molecular complexity index is 453. The molecular weight excluding hydrogens is 308 g/mol. The van der Waals surface area contributed by atoms with E-state index >= 15 is 0 Å². The molecule has 24 heavy (non-hydrogen) atoms. The van der Waals surface area contributed by atoms with E-state index < -0.39 is 0 Å². The highest BCUT2D eigenvalue weighted by molar-refractivity contribution is 5.83. The van der Waals surface area contributed by atoms with E-state index in [2.05, 4.69) is 22.5 Å². The molecule has 0 aliphatic carbocycles. The minimum atomic E-state index is -0.0279.